The first-order chi connectivity index (χ1) is 9.65. The molecule has 0 radical (unpaired) electrons. The molecule has 0 saturated carbocycles. The monoisotopic (exact) mass is 350 g/mol. The molecule has 6 heteroatoms. The van der Waals surface area contributed by atoms with Crippen LogP contribution in [0, 0.1) is 0 Å². The van der Waals surface area contributed by atoms with Gasteiger partial charge in [-0.3, -0.25) is 0 Å². The highest BCUT2D eigenvalue weighted by Crippen LogP contribution is 2.32. The third-order valence-corrected chi connectivity index (χ3v) is 3.58. The van der Waals surface area contributed by atoms with E-state index in [2.05, 4.69) is 25.9 Å². The Morgan fingerprint density at radius 3 is 2.75 bits per heavy atom. The molecule has 3 rings (SSSR count). The molecule has 20 heavy (non-hydrogen) atoms. The third-order valence-electron chi connectivity index (χ3n) is 2.69. The van der Waals surface area contributed by atoms with E-state index in [0.717, 1.165) is 0 Å². The number of ether oxygens (including phenoxy) is 1. The molecule has 0 aliphatic carbocycles. The number of benzene rings is 1. The van der Waals surface area contributed by atoms with Gasteiger partial charge in [-0.2, -0.15) is 0 Å². The number of hydrogen-bond donors (Lipinski definition) is 1. The number of para-hydroxylation sites is 1. The maximum Gasteiger partial charge on any atom is 0.219 e. The van der Waals surface area contributed by atoms with E-state index in [9.17, 15) is 5.11 Å². The van der Waals surface area contributed by atoms with Gasteiger partial charge in [0.2, 0.25) is 5.88 Å². The summed E-state index contributed by atoms with van der Waals surface area (Å²) in [6.45, 7) is 0. The molecule has 0 aliphatic rings. The molecule has 0 saturated heterocycles. The maximum atomic E-state index is 9.74. The highest BCUT2D eigenvalue weighted by atomic mass is 79.9. The lowest BCUT2D eigenvalue weighted by Gasteiger charge is -2.08. The van der Waals surface area contributed by atoms with Crippen LogP contribution in [0.25, 0.3) is 10.9 Å². The number of pyridine rings is 2. The number of aromatic hydroxyl groups is 1. The van der Waals surface area contributed by atoms with E-state index in [-0.39, 0.29) is 5.75 Å². The molecule has 0 spiro atoms. The molecule has 1 aromatic carbocycles. The van der Waals surface area contributed by atoms with Crippen LogP contribution in [-0.2, 0) is 0 Å². The summed E-state index contributed by atoms with van der Waals surface area (Å²) in [6.07, 6.45) is 1.36. The minimum atomic E-state index is 0.0694. The lowest BCUT2D eigenvalue weighted by molar-refractivity contribution is 0.464. The van der Waals surface area contributed by atoms with E-state index >= 15 is 0 Å². The Kier molecular flexibility index (Phi) is 3.46. The largest absolute Gasteiger partial charge is 0.506 e. The maximum absolute atomic E-state index is 9.74. The summed E-state index contributed by atoms with van der Waals surface area (Å²) in [6, 6.07) is 10.5. The fraction of sp³-hybridized carbons (Fsp3) is 0. The predicted octanol–water partition coefficient (Wildman–Crippen LogP) is 4.54. The van der Waals surface area contributed by atoms with Gasteiger partial charge in [-0.25, -0.2) is 9.97 Å². The molecule has 0 amide bonds. The molecular weight excluding hydrogens is 344 g/mol. The molecule has 0 bridgehead atoms. The van der Waals surface area contributed by atoms with E-state index in [1.54, 1.807) is 24.3 Å². The summed E-state index contributed by atoms with van der Waals surface area (Å²) in [5, 5.41) is 10.8. The first-order valence-electron chi connectivity index (χ1n) is 5.72. The molecule has 0 aliphatic heterocycles. The minimum Gasteiger partial charge on any atom is -0.506 e. The number of rotatable bonds is 2. The van der Waals surface area contributed by atoms with Crippen molar-refractivity contribution in [1.29, 1.82) is 0 Å². The van der Waals surface area contributed by atoms with Gasteiger partial charge in [-0.15, -0.1) is 0 Å². The molecule has 1 N–H and O–H groups in total. The Hall–Kier alpha value is -1.85. The van der Waals surface area contributed by atoms with Crippen LogP contribution in [0.1, 0.15) is 0 Å². The average Bonchev–Trinajstić information content (AvgIpc) is 2.46. The van der Waals surface area contributed by atoms with Gasteiger partial charge < -0.3 is 9.84 Å². The highest BCUT2D eigenvalue weighted by Gasteiger charge is 2.09. The summed E-state index contributed by atoms with van der Waals surface area (Å²) >= 11 is 9.33. The molecular formula is C14H8BrClN2O2. The molecule has 2 heterocycles. The SMILES string of the molecule is Oc1cnc(Br)c2nc(Oc3ccccc3Cl)ccc12. The fourth-order valence-electron chi connectivity index (χ4n) is 1.75. The van der Waals surface area contributed by atoms with Crippen LogP contribution in [0.15, 0.2) is 47.2 Å². The van der Waals surface area contributed by atoms with Crippen LogP contribution in [0.3, 0.4) is 0 Å². The molecule has 100 valence electrons. The Bertz CT molecular complexity index is 795. The van der Waals surface area contributed by atoms with Crippen LogP contribution < -0.4 is 4.74 Å². The van der Waals surface area contributed by atoms with Crippen molar-refractivity contribution >= 4 is 38.4 Å². The number of aromatic nitrogens is 2. The van der Waals surface area contributed by atoms with Crippen LogP contribution >= 0.6 is 27.5 Å². The third kappa shape index (κ3) is 2.42. The Balaban J connectivity index is 2.06. The Morgan fingerprint density at radius 1 is 1.15 bits per heavy atom. The van der Waals surface area contributed by atoms with Crippen molar-refractivity contribution in [1.82, 2.24) is 9.97 Å². The molecule has 4 nitrogen and oxygen atoms in total. The van der Waals surface area contributed by atoms with E-state index in [1.807, 2.05) is 12.1 Å². The van der Waals surface area contributed by atoms with Crippen molar-refractivity contribution in [2.24, 2.45) is 0 Å². The molecule has 0 unspecified atom stereocenters. The van der Waals surface area contributed by atoms with Gasteiger partial charge in [0, 0.05) is 11.5 Å². The fourth-order valence-corrected chi connectivity index (χ4v) is 2.33. The van der Waals surface area contributed by atoms with E-state index in [1.165, 1.54) is 6.20 Å². The van der Waals surface area contributed by atoms with Crippen molar-refractivity contribution in [3.63, 3.8) is 0 Å². The molecule has 3 aromatic rings. The second-order valence-electron chi connectivity index (χ2n) is 4.01. The molecule has 0 fully saturated rings. The molecule has 0 atom stereocenters. The quantitative estimate of drug-likeness (QED) is 0.689. The van der Waals surface area contributed by atoms with Crippen molar-refractivity contribution in [2.45, 2.75) is 0 Å². The zero-order valence-corrected chi connectivity index (χ0v) is 12.4. The second kappa shape index (κ2) is 5.26. The van der Waals surface area contributed by atoms with Crippen molar-refractivity contribution in [3.05, 3.63) is 52.2 Å². The van der Waals surface area contributed by atoms with Crippen LogP contribution in [0.5, 0.6) is 17.4 Å². The van der Waals surface area contributed by atoms with Crippen LogP contribution in [0.4, 0.5) is 0 Å². The zero-order valence-electron chi connectivity index (χ0n) is 10.0. The lowest BCUT2D eigenvalue weighted by Crippen LogP contribution is -1.91. The van der Waals surface area contributed by atoms with Crippen LogP contribution in [0.2, 0.25) is 5.02 Å². The van der Waals surface area contributed by atoms with Crippen LogP contribution in [-0.4, -0.2) is 15.1 Å². The van der Waals surface area contributed by atoms with Gasteiger partial charge in [0.05, 0.1) is 11.2 Å². The van der Waals surface area contributed by atoms with Gasteiger partial charge in [-0.1, -0.05) is 23.7 Å². The standard InChI is InChI=1S/C14H8BrClN2O2/c15-14-13-8(10(19)7-17-14)5-6-12(18-13)20-11-4-2-1-3-9(11)16/h1-7,19H. The van der Waals surface area contributed by atoms with Crippen molar-refractivity contribution < 1.29 is 9.84 Å². The summed E-state index contributed by atoms with van der Waals surface area (Å²) < 4.78 is 6.18. The highest BCUT2D eigenvalue weighted by molar-refractivity contribution is 9.10. The average molecular weight is 352 g/mol. The summed E-state index contributed by atoms with van der Waals surface area (Å²) in [7, 11) is 0. The summed E-state index contributed by atoms with van der Waals surface area (Å²) in [5.74, 6) is 0.962. The number of fused-ring (bicyclic) bond motifs is 1. The number of nitrogens with zero attached hydrogens (tertiary/aromatic N) is 2. The Labute approximate surface area is 128 Å². The Morgan fingerprint density at radius 2 is 1.95 bits per heavy atom. The van der Waals surface area contributed by atoms with Gasteiger partial charge in [0.25, 0.3) is 0 Å². The van der Waals surface area contributed by atoms with E-state index in [0.29, 0.717) is 32.2 Å². The summed E-state index contributed by atoms with van der Waals surface area (Å²) in [5.41, 5.74) is 0.523. The first-order valence-corrected chi connectivity index (χ1v) is 6.89. The predicted molar refractivity (Wildman–Crippen MR) is 80.4 cm³/mol. The summed E-state index contributed by atoms with van der Waals surface area (Å²) in [4.78, 5) is 8.32. The van der Waals surface area contributed by atoms with Crippen molar-refractivity contribution in [2.75, 3.05) is 0 Å². The first kappa shape index (κ1) is 13.1. The second-order valence-corrected chi connectivity index (χ2v) is 5.17. The normalized spacial score (nSPS) is 10.7. The number of halogens is 2. The van der Waals surface area contributed by atoms with Gasteiger partial charge in [-0.05, 0) is 34.1 Å². The van der Waals surface area contributed by atoms with Gasteiger partial charge in [0.15, 0.2) is 0 Å². The lowest BCUT2D eigenvalue weighted by atomic mass is 10.2. The van der Waals surface area contributed by atoms with E-state index < -0.39 is 0 Å². The topological polar surface area (TPSA) is 55.2 Å². The zero-order chi connectivity index (χ0) is 14.1. The number of hydrogen-bond acceptors (Lipinski definition) is 4. The smallest absolute Gasteiger partial charge is 0.219 e. The molecule has 2 aromatic heterocycles. The van der Waals surface area contributed by atoms with E-state index in [4.69, 9.17) is 16.3 Å². The minimum absolute atomic E-state index is 0.0694. The van der Waals surface area contributed by atoms with Gasteiger partial charge >= 0.3 is 0 Å². The van der Waals surface area contributed by atoms with Crippen molar-refractivity contribution in [3.8, 4) is 17.4 Å². The van der Waals surface area contributed by atoms with Gasteiger partial charge in [0.1, 0.15) is 21.6 Å².